The van der Waals surface area contributed by atoms with Gasteiger partial charge in [0.15, 0.2) is 0 Å². The molecule has 1 fully saturated rings. The Morgan fingerprint density at radius 1 is 0.947 bits per heavy atom. The molecule has 3 aromatic carbocycles. The average Bonchev–Trinajstić information content (AvgIpc) is 2.84. The predicted octanol–water partition coefficient (Wildman–Crippen LogP) is 6.38. The molecule has 38 heavy (non-hydrogen) atoms. The Labute approximate surface area is 221 Å². The lowest BCUT2D eigenvalue weighted by atomic mass is 10.1. The fourth-order valence-electron chi connectivity index (χ4n) is 3.38. The zero-order valence-electron chi connectivity index (χ0n) is 18.6. The number of carbonyl (C=O) groups is 3. The third-order valence-electron chi connectivity index (χ3n) is 5.16. The molecule has 0 atom stereocenters. The van der Waals surface area contributed by atoms with E-state index >= 15 is 0 Å². The van der Waals surface area contributed by atoms with Gasteiger partial charge < -0.3 is 4.74 Å². The minimum atomic E-state index is -4.80. The summed E-state index contributed by atoms with van der Waals surface area (Å²) in [6, 6.07) is 10.4. The van der Waals surface area contributed by atoms with Gasteiger partial charge in [-0.1, -0.05) is 29.3 Å². The molecule has 4 rings (SSSR count). The lowest BCUT2D eigenvalue weighted by Gasteiger charge is -2.26. The van der Waals surface area contributed by atoms with Crippen LogP contribution in [0.5, 0.6) is 11.5 Å². The Hall–Kier alpha value is -4.42. The van der Waals surface area contributed by atoms with E-state index in [4.69, 9.17) is 27.9 Å². The van der Waals surface area contributed by atoms with Crippen molar-refractivity contribution in [3.63, 3.8) is 0 Å². The molecule has 1 saturated heterocycles. The summed E-state index contributed by atoms with van der Waals surface area (Å²) in [5.41, 5.74) is -2.18. The summed E-state index contributed by atoms with van der Waals surface area (Å²) in [6.45, 7) is 0. The molecule has 0 radical (unpaired) electrons. The number of nitro benzene ring substituents is 1. The normalized spacial score (nSPS) is 15.0. The van der Waals surface area contributed by atoms with Gasteiger partial charge in [0.1, 0.15) is 11.3 Å². The summed E-state index contributed by atoms with van der Waals surface area (Å²) in [4.78, 5) is 48.6. The largest absolute Gasteiger partial charge is 0.449 e. The van der Waals surface area contributed by atoms with Gasteiger partial charge in [0.05, 0.1) is 21.2 Å². The zero-order valence-corrected chi connectivity index (χ0v) is 20.1. The van der Waals surface area contributed by atoms with Gasteiger partial charge in [-0.25, -0.2) is 9.69 Å². The van der Waals surface area contributed by atoms with Gasteiger partial charge in [0, 0.05) is 11.1 Å². The van der Waals surface area contributed by atoms with E-state index in [1.807, 2.05) is 0 Å². The first kappa shape index (κ1) is 26.6. The number of amides is 4. The van der Waals surface area contributed by atoms with E-state index in [1.165, 1.54) is 42.5 Å². The fourth-order valence-corrected chi connectivity index (χ4v) is 3.73. The summed E-state index contributed by atoms with van der Waals surface area (Å²) in [6.07, 6.45) is -3.64. The maximum atomic E-state index is 13.0. The highest BCUT2D eigenvalue weighted by Gasteiger charge is 2.37. The van der Waals surface area contributed by atoms with Gasteiger partial charge in [-0.15, -0.1) is 0 Å². The molecule has 0 unspecified atom stereocenters. The number of nitro groups is 1. The van der Waals surface area contributed by atoms with Crippen LogP contribution in [-0.2, 0) is 15.8 Å². The molecule has 194 valence electrons. The van der Waals surface area contributed by atoms with Crippen molar-refractivity contribution in [2.24, 2.45) is 0 Å². The molecule has 0 spiro atoms. The van der Waals surface area contributed by atoms with Crippen molar-refractivity contribution >= 4 is 58.5 Å². The number of nitrogens with one attached hydrogen (secondary N) is 1. The molecule has 1 heterocycles. The molecular weight excluding hydrogens is 554 g/mol. The SMILES string of the molecule is O=C1NC(=O)N(c2ccc(Cl)cc2)C(=O)/C1=C/c1ccc(Oc2ccc(C(F)(F)F)cc2[N+](=O)[O-])c(Cl)c1. The number of nitrogens with zero attached hydrogens (tertiary/aromatic N) is 2. The molecule has 9 nitrogen and oxygen atoms in total. The monoisotopic (exact) mass is 565 g/mol. The number of carbonyl (C=O) groups excluding carboxylic acids is 3. The Bertz CT molecular complexity index is 1520. The van der Waals surface area contributed by atoms with Crippen molar-refractivity contribution in [1.29, 1.82) is 0 Å². The molecule has 1 aliphatic rings. The third kappa shape index (κ3) is 5.45. The topological polar surface area (TPSA) is 119 Å². The smallest absolute Gasteiger partial charge is 0.416 e. The first-order valence-electron chi connectivity index (χ1n) is 10.3. The summed E-state index contributed by atoms with van der Waals surface area (Å²) >= 11 is 12.0. The van der Waals surface area contributed by atoms with Crippen LogP contribution in [0.4, 0.5) is 29.3 Å². The first-order valence-corrected chi connectivity index (χ1v) is 11.1. The van der Waals surface area contributed by atoms with Gasteiger partial charge in [0.25, 0.3) is 11.8 Å². The molecule has 0 bridgehead atoms. The number of hydrogen-bond acceptors (Lipinski definition) is 6. The maximum Gasteiger partial charge on any atom is 0.416 e. The molecule has 14 heteroatoms. The minimum absolute atomic E-state index is 0.136. The fraction of sp³-hybridized carbons (Fsp3) is 0.0417. The second-order valence-corrected chi connectivity index (χ2v) is 8.51. The van der Waals surface area contributed by atoms with Crippen LogP contribution in [0.2, 0.25) is 10.0 Å². The van der Waals surface area contributed by atoms with E-state index in [0.29, 0.717) is 17.2 Å². The highest BCUT2D eigenvalue weighted by atomic mass is 35.5. The second kappa shape index (κ2) is 10.1. The molecule has 1 aliphatic heterocycles. The zero-order chi connectivity index (χ0) is 27.8. The van der Waals surface area contributed by atoms with Gasteiger partial charge in [-0.2, -0.15) is 13.2 Å². The van der Waals surface area contributed by atoms with Crippen molar-refractivity contribution in [3.05, 3.63) is 97.5 Å². The lowest BCUT2D eigenvalue weighted by molar-refractivity contribution is -0.385. The number of halogens is 5. The first-order chi connectivity index (χ1) is 17.8. The Morgan fingerprint density at radius 2 is 1.61 bits per heavy atom. The van der Waals surface area contributed by atoms with Crippen LogP contribution in [0.15, 0.2) is 66.2 Å². The van der Waals surface area contributed by atoms with Crippen molar-refractivity contribution in [2.75, 3.05) is 4.90 Å². The highest BCUT2D eigenvalue weighted by Crippen LogP contribution is 2.39. The van der Waals surface area contributed by atoms with Crippen LogP contribution in [0.25, 0.3) is 6.08 Å². The molecular formula is C24H12Cl2F3N3O6. The molecule has 0 aliphatic carbocycles. The third-order valence-corrected chi connectivity index (χ3v) is 5.70. The number of hydrogen-bond donors (Lipinski definition) is 1. The van der Waals surface area contributed by atoms with Gasteiger partial charge in [-0.3, -0.25) is 25.0 Å². The van der Waals surface area contributed by atoms with Crippen LogP contribution in [0.3, 0.4) is 0 Å². The number of ether oxygens (including phenoxy) is 1. The second-order valence-electron chi connectivity index (χ2n) is 7.66. The van der Waals surface area contributed by atoms with Crippen molar-refractivity contribution < 1.29 is 37.2 Å². The Kier molecular flexibility index (Phi) is 7.11. The van der Waals surface area contributed by atoms with E-state index in [2.05, 4.69) is 5.32 Å². The van der Waals surface area contributed by atoms with Crippen LogP contribution >= 0.6 is 23.2 Å². The number of urea groups is 1. The van der Waals surface area contributed by atoms with E-state index < -0.39 is 51.5 Å². The number of barbiturate groups is 1. The van der Waals surface area contributed by atoms with Gasteiger partial charge in [0.2, 0.25) is 5.75 Å². The standard InChI is InChI=1S/C24H12Cl2F3N3O6/c25-14-3-5-15(6-4-14)31-22(34)16(21(33)30-23(31)35)9-12-1-7-19(17(26)10-12)38-20-8-2-13(24(27,28)29)11-18(20)32(36)37/h1-11H,(H,30,33,35)/b16-9+. The molecule has 0 saturated carbocycles. The Morgan fingerprint density at radius 3 is 2.21 bits per heavy atom. The Balaban J connectivity index is 1.63. The summed E-state index contributed by atoms with van der Waals surface area (Å²) in [7, 11) is 0. The van der Waals surface area contributed by atoms with Crippen molar-refractivity contribution in [1.82, 2.24) is 5.32 Å². The molecule has 0 aromatic heterocycles. The van der Waals surface area contributed by atoms with Crippen LogP contribution in [0.1, 0.15) is 11.1 Å². The summed E-state index contributed by atoms with van der Waals surface area (Å²) in [5.74, 6) is -2.51. The van der Waals surface area contributed by atoms with Crippen LogP contribution in [0, 0.1) is 10.1 Å². The number of anilines is 1. The quantitative estimate of drug-likeness (QED) is 0.166. The summed E-state index contributed by atoms with van der Waals surface area (Å²) < 4.78 is 44.2. The number of imide groups is 2. The van der Waals surface area contributed by atoms with Crippen molar-refractivity contribution in [3.8, 4) is 11.5 Å². The van der Waals surface area contributed by atoms with Gasteiger partial charge in [-0.05, 0) is 60.2 Å². The van der Waals surface area contributed by atoms with Crippen LogP contribution < -0.4 is 15.0 Å². The molecule has 1 N–H and O–H groups in total. The molecule has 3 aromatic rings. The predicted molar refractivity (Wildman–Crippen MR) is 130 cm³/mol. The van der Waals surface area contributed by atoms with E-state index in [9.17, 15) is 37.7 Å². The number of benzene rings is 3. The van der Waals surface area contributed by atoms with Gasteiger partial charge >= 0.3 is 17.9 Å². The lowest BCUT2D eigenvalue weighted by Crippen LogP contribution is -2.54. The van der Waals surface area contributed by atoms with Crippen LogP contribution in [-0.4, -0.2) is 22.8 Å². The highest BCUT2D eigenvalue weighted by molar-refractivity contribution is 6.39. The molecule has 4 amide bonds. The number of alkyl halides is 3. The van der Waals surface area contributed by atoms with E-state index in [0.717, 1.165) is 17.0 Å². The number of rotatable bonds is 5. The van der Waals surface area contributed by atoms with Crippen molar-refractivity contribution in [2.45, 2.75) is 6.18 Å². The van der Waals surface area contributed by atoms with E-state index in [-0.39, 0.29) is 22.0 Å². The van der Waals surface area contributed by atoms with E-state index in [1.54, 1.807) is 0 Å². The maximum absolute atomic E-state index is 13.0. The summed E-state index contributed by atoms with van der Waals surface area (Å²) in [5, 5.41) is 13.6. The minimum Gasteiger partial charge on any atom is -0.449 e. The average molecular weight is 566 g/mol.